The summed E-state index contributed by atoms with van der Waals surface area (Å²) in [6.07, 6.45) is 35.9. The molecule has 0 radical (unpaired) electrons. The van der Waals surface area contributed by atoms with E-state index in [0.29, 0.717) is 12.8 Å². The molecule has 274 valence electrons. The zero-order valence-electron chi connectivity index (χ0n) is 30.9. The second-order valence-electron chi connectivity index (χ2n) is 13.1. The molecule has 0 aromatic heterocycles. The number of likely N-dealkylation sites (N-methyl/N-ethyl adjacent to an activating group) is 1. The highest BCUT2D eigenvalue weighted by Gasteiger charge is 2.31. The molecule has 0 saturated carbocycles. The number of carbonyl (C=O) groups is 3. The van der Waals surface area contributed by atoms with Crippen LogP contribution < -0.4 is 0 Å². The fraction of sp³-hybridized carbons (Fsp3) is 0.675. The molecule has 48 heavy (non-hydrogen) atoms. The summed E-state index contributed by atoms with van der Waals surface area (Å²) in [5.41, 5.74) is 0. The van der Waals surface area contributed by atoms with Crippen molar-refractivity contribution < 1.29 is 38.2 Å². The number of hydrogen-bond acceptors (Lipinski definition) is 6. The Morgan fingerprint density at radius 2 is 1.27 bits per heavy atom. The van der Waals surface area contributed by atoms with E-state index >= 15 is 0 Å². The molecule has 0 bridgehead atoms. The maximum Gasteiger partial charge on any atom is 0.362 e. The van der Waals surface area contributed by atoms with Gasteiger partial charge >= 0.3 is 17.9 Å². The minimum absolute atomic E-state index is 0.0265. The fourth-order valence-electron chi connectivity index (χ4n) is 4.85. The molecule has 0 aromatic rings. The van der Waals surface area contributed by atoms with Crippen molar-refractivity contribution in [2.75, 3.05) is 41.0 Å². The molecule has 2 unspecified atom stereocenters. The van der Waals surface area contributed by atoms with E-state index in [4.69, 9.17) is 14.2 Å². The van der Waals surface area contributed by atoms with Crippen LogP contribution in [0.5, 0.6) is 0 Å². The van der Waals surface area contributed by atoms with E-state index in [1.807, 2.05) is 27.2 Å². The topological polar surface area (TPSA) is 99.1 Å². The molecule has 0 aliphatic heterocycles. The normalized spacial score (nSPS) is 13.8. The van der Waals surface area contributed by atoms with Crippen molar-refractivity contribution in [3.63, 3.8) is 0 Å². The third-order valence-corrected chi connectivity index (χ3v) is 7.71. The number of hydrogen-bond donors (Lipinski definition) is 1. The van der Waals surface area contributed by atoms with Crippen LogP contribution in [0.4, 0.5) is 0 Å². The lowest BCUT2D eigenvalue weighted by Gasteiger charge is -2.31. The molecular weight excluding hydrogens is 606 g/mol. The van der Waals surface area contributed by atoms with E-state index < -0.39 is 24.1 Å². The van der Waals surface area contributed by atoms with Crippen molar-refractivity contribution in [1.82, 2.24) is 0 Å². The first kappa shape index (κ1) is 45.0. The number of ether oxygens (including phenoxy) is 3. The minimum atomic E-state index is -0.891. The van der Waals surface area contributed by atoms with Crippen molar-refractivity contribution in [3.8, 4) is 0 Å². The van der Waals surface area contributed by atoms with Crippen LogP contribution in [-0.2, 0) is 28.6 Å². The van der Waals surface area contributed by atoms with Gasteiger partial charge in [-0.15, -0.1) is 0 Å². The van der Waals surface area contributed by atoms with Gasteiger partial charge in [0.05, 0.1) is 40.8 Å². The Morgan fingerprint density at radius 3 is 1.88 bits per heavy atom. The molecule has 1 N–H and O–H groups in total. The number of carboxylic acids is 1. The zero-order valence-corrected chi connectivity index (χ0v) is 30.9. The van der Waals surface area contributed by atoms with Crippen LogP contribution in [0.2, 0.25) is 0 Å². The van der Waals surface area contributed by atoms with Gasteiger partial charge in [0.1, 0.15) is 6.61 Å². The number of quaternary nitrogens is 1. The van der Waals surface area contributed by atoms with Gasteiger partial charge in [-0.25, -0.2) is 4.79 Å². The first-order chi connectivity index (χ1) is 23.1. The Labute approximate surface area is 292 Å². The monoisotopic (exact) mass is 674 g/mol. The standard InChI is InChI=1S/C40H67NO7/c1-6-8-10-12-14-16-17-18-19-20-21-23-25-27-29-31-39(43)48-36(34-46-33-32-37(40(44)45)41(3,4)5)35-47-38(42)30-28-26-24-22-15-13-11-9-7-2/h9,11,14-18,22,26,28,36-37H,6-8,10,12-13,19-21,23-25,27,29-35H2,1-5H3/p+1/b11-9+,16-14+,18-17+,22-15+,28-26+. The molecule has 8 heteroatoms. The second-order valence-corrected chi connectivity index (χ2v) is 13.1. The number of carboxylic acid groups (broad SMARTS) is 1. The smallest absolute Gasteiger partial charge is 0.362 e. The molecule has 0 amide bonds. The SMILES string of the molecule is CC/C=C/C/C=C/C/C=C/CC(=O)OCC(COCCC(C(=O)O)[N+](C)(C)C)OC(=O)CCCCCCCC/C=C/C=C/CCCCC. The number of allylic oxidation sites excluding steroid dienone is 9. The van der Waals surface area contributed by atoms with Crippen LogP contribution in [0.3, 0.4) is 0 Å². The number of carbonyl (C=O) groups excluding carboxylic acids is 2. The second kappa shape index (κ2) is 31.3. The lowest BCUT2D eigenvalue weighted by molar-refractivity contribution is -0.887. The molecule has 0 spiro atoms. The summed E-state index contributed by atoms with van der Waals surface area (Å²) >= 11 is 0. The third kappa shape index (κ3) is 29.2. The molecule has 8 nitrogen and oxygen atoms in total. The van der Waals surface area contributed by atoms with Crippen molar-refractivity contribution in [3.05, 3.63) is 60.8 Å². The molecule has 2 atom stereocenters. The minimum Gasteiger partial charge on any atom is -0.477 e. The number of rotatable bonds is 31. The summed E-state index contributed by atoms with van der Waals surface area (Å²) in [6.45, 7) is 4.43. The van der Waals surface area contributed by atoms with Gasteiger partial charge in [-0.05, 0) is 51.4 Å². The highest BCUT2D eigenvalue weighted by molar-refractivity contribution is 5.72. The van der Waals surface area contributed by atoms with E-state index in [0.717, 1.165) is 57.8 Å². The van der Waals surface area contributed by atoms with Gasteiger partial charge in [0.25, 0.3) is 0 Å². The summed E-state index contributed by atoms with van der Waals surface area (Å²) in [5, 5.41) is 9.56. The van der Waals surface area contributed by atoms with Crippen molar-refractivity contribution >= 4 is 17.9 Å². The van der Waals surface area contributed by atoms with Crippen molar-refractivity contribution in [2.24, 2.45) is 0 Å². The van der Waals surface area contributed by atoms with Crippen LogP contribution in [0.15, 0.2) is 60.8 Å². The Bertz CT molecular complexity index is 975. The van der Waals surface area contributed by atoms with Gasteiger partial charge in [0.15, 0.2) is 12.1 Å². The van der Waals surface area contributed by atoms with E-state index in [9.17, 15) is 19.5 Å². The predicted molar refractivity (Wildman–Crippen MR) is 197 cm³/mol. The lowest BCUT2D eigenvalue weighted by atomic mass is 10.1. The molecule has 0 heterocycles. The molecule has 0 aromatic carbocycles. The summed E-state index contributed by atoms with van der Waals surface area (Å²) in [4.78, 5) is 36.6. The summed E-state index contributed by atoms with van der Waals surface area (Å²) in [6, 6.07) is -0.628. The molecule has 0 aliphatic rings. The maximum atomic E-state index is 12.6. The molecule has 0 aliphatic carbocycles. The van der Waals surface area contributed by atoms with Crippen LogP contribution in [0.25, 0.3) is 0 Å². The Balaban J connectivity index is 4.54. The number of aliphatic carboxylic acids is 1. The van der Waals surface area contributed by atoms with Crippen LogP contribution in [-0.4, -0.2) is 80.6 Å². The van der Waals surface area contributed by atoms with Gasteiger partial charge in [0.2, 0.25) is 0 Å². The third-order valence-electron chi connectivity index (χ3n) is 7.71. The number of esters is 2. The van der Waals surface area contributed by atoms with E-state index in [2.05, 4.69) is 62.5 Å². The van der Waals surface area contributed by atoms with Crippen LogP contribution >= 0.6 is 0 Å². The lowest BCUT2D eigenvalue weighted by Crippen LogP contribution is -2.50. The van der Waals surface area contributed by atoms with Gasteiger partial charge in [-0.2, -0.15) is 0 Å². The first-order valence-electron chi connectivity index (χ1n) is 18.3. The molecule has 0 saturated heterocycles. The average Bonchev–Trinajstić information content (AvgIpc) is 3.03. The first-order valence-corrected chi connectivity index (χ1v) is 18.3. The molecule has 0 rings (SSSR count). The average molecular weight is 675 g/mol. The molecular formula is C40H68NO7+. The van der Waals surface area contributed by atoms with E-state index in [-0.39, 0.29) is 36.7 Å². The Hall–Kier alpha value is -2.97. The fourth-order valence-corrected chi connectivity index (χ4v) is 4.85. The quantitative estimate of drug-likeness (QED) is 0.0258. The van der Waals surface area contributed by atoms with E-state index in [1.54, 1.807) is 6.08 Å². The van der Waals surface area contributed by atoms with Gasteiger partial charge in [-0.1, -0.05) is 113 Å². The zero-order chi connectivity index (χ0) is 35.7. The van der Waals surface area contributed by atoms with Gasteiger partial charge in [-0.3, -0.25) is 9.59 Å². The summed E-state index contributed by atoms with van der Waals surface area (Å²) in [5.74, 6) is -1.65. The molecule has 0 fully saturated rings. The number of unbranched alkanes of at least 4 members (excludes halogenated alkanes) is 9. The van der Waals surface area contributed by atoms with E-state index in [1.165, 1.54) is 32.1 Å². The highest BCUT2D eigenvalue weighted by atomic mass is 16.6. The Kier molecular flexibility index (Phi) is 29.4. The van der Waals surface area contributed by atoms with Crippen molar-refractivity contribution in [1.29, 1.82) is 0 Å². The Morgan fingerprint density at radius 1 is 0.688 bits per heavy atom. The van der Waals surface area contributed by atoms with Crippen LogP contribution in [0.1, 0.15) is 123 Å². The number of nitrogens with zero attached hydrogens (tertiary/aromatic N) is 1. The predicted octanol–water partition coefficient (Wildman–Crippen LogP) is 9.07. The summed E-state index contributed by atoms with van der Waals surface area (Å²) in [7, 11) is 5.48. The highest BCUT2D eigenvalue weighted by Crippen LogP contribution is 2.12. The maximum absolute atomic E-state index is 12.6. The summed E-state index contributed by atoms with van der Waals surface area (Å²) < 4.78 is 17.0. The largest absolute Gasteiger partial charge is 0.477 e. The van der Waals surface area contributed by atoms with Crippen LogP contribution in [0, 0.1) is 0 Å². The van der Waals surface area contributed by atoms with Crippen molar-refractivity contribution in [2.45, 2.75) is 135 Å². The van der Waals surface area contributed by atoms with Gasteiger partial charge in [0, 0.05) is 12.8 Å². The van der Waals surface area contributed by atoms with Gasteiger partial charge < -0.3 is 23.8 Å².